The molecular weight excluding hydrogens is 397 g/mol. The van der Waals surface area contributed by atoms with E-state index in [4.69, 9.17) is 0 Å². The van der Waals surface area contributed by atoms with Crippen molar-refractivity contribution in [3.63, 3.8) is 0 Å². The van der Waals surface area contributed by atoms with Gasteiger partial charge in [0, 0.05) is 12.1 Å². The minimum atomic E-state index is -4.46. The molecule has 4 fully saturated rings. The number of alkyl halides is 3. The van der Waals surface area contributed by atoms with Crippen LogP contribution in [0.4, 0.5) is 13.2 Å². The number of nitrogens with one attached hydrogen (secondary N) is 1. The van der Waals surface area contributed by atoms with Crippen LogP contribution in [0.15, 0.2) is 30.5 Å². The third-order valence-electron chi connectivity index (χ3n) is 6.98. The lowest BCUT2D eigenvalue weighted by Crippen LogP contribution is -2.51. The molecule has 1 heterocycles. The molecule has 2 aromatic rings. The molecule has 0 radical (unpaired) electrons. The van der Waals surface area contributed by atoms with E-state index in [1.807, 2.05) is 0 Å². The predicted molar refractivity (Wildman–Crippen MR) is 105 cm³/mol. The molecule has 1 N–H and O–H groups in total. The van der Waals surface area contributed by atoms with Gasteiger partial charge in [0.2, 0.25) is 0 Å². The molecule has 1 amide bonds. The number of hydrogen-bond donors (Lipinski definition) is 1. The molecule has 7 heteroatoms. The molecule has 4 bridgehead atoms. The highest BCUT2D eigenvalue weighted by molar-refractivity contribution is 7.16. The number of rotatable bonds is 4. The Labute approximate surface area is 171 Å². The molecule has 0 aliphatic heterocycles. The highest BCUT2D eigenvalue weighted by Gasteiger charge is 2.50. The molecule has 1 aromatic heterocycles. The van der Waals surface area contributed by atoms with Crippen molar-refractivity contribution >= 4 is 17.2 Å². The monoisotopic (exact) mass is 420 g/mol. The van der Waals surface area contributed by atoms with Crippen LogP contribution in [0.2, 0.25) is 0 Å². The maximum Gasteiger partial charge on any atom is 0.417 e. The van der Waals surface area contributed by atoms with E-state index >= 15 is 0 Å². The summed E-state index contributed by atoms with van der Waals surface area (Å²) in [6.07, 6.45) is 4.59. The summed E-state index contributed by atoms with van der Waals surface area (Å²) in [6.45, 7) is 0.668. The SMILES string of the molecule is O=C(NCC12CC3CC(CC(C3)C1)C2)c1cnc(-c2ccccc2C(F)(F)F)s1. The van der Waals surface area contributed by atoms with Gasteiger partial charge in [0.1, 0.15) is 9.88 Å². The quantitative estimate of drug-likeness (QED) is 0.682. The van der Waals surface area contributed by atoms with Gasteiger partial charge in [-0.25, -0.2) is 4.98 Å². The molecule has 3 nitrogen and oxygen atoms in total. The van der Waals surface area contributed by atoms with Crippen molar-refractivity contribution in [1.29, 1.82) is 0 Å². The second-order valence-electron chi connectivity index (χ2n) is 9.17. The van der Waals surface area contributed by atoms with E-state index in [1.165, 1.54) is 56.9 Å². The Balaban J connectivity index is 1.30. The van der Waals surface area contributed by atoms with Gasteiger partial charge in [-0.3, -0.25) is 4.79 Å². The molecule has 6 rings (SSSR count). The smallest absolute Gasteiger partial charge is 0.351 e. The Morgan fingerprint density at radius 3 is 2.34 bits per heavy atom. The van der Waals surface area contributed by atoms with Crippen LogP contribution < -0.4 is 5.32 Å². The number of halogens is 3. The van der Waals surface area contributed by atoms with Crippen LogP contribution in [-0.4, -0.2) is 17.4 Å². The predicted octanol–water partition coefficient (Wildman–Crippen LogP) is 5.78. The van der Waals surface area contributed by atoms with Crippen LogP contribution in [0.25, 0.3) is 10.6 Å². The maximum absolute atomic E-state index is 13.3. The first kappa shape index (κ1) is 19.1. The fourth-order valence-electron chi connectivity index (χ4n) is 6.28. The zero-order valence-electron chi connectivity index (χ0n) is 16.0. The van der Waals surface area contributed by atoms with Crippen molar-refractivity contribution in [2.75, 3.05) is 6.54 Å². The minimum Gasteiger partial charge on any atom is -0.351 e. The average Bonchev–Trinajstić information content (AvgIpc) is 3.15. The molecular formula is C22H23F3N2OS. The summed E-state index contributed by atoms with van der Waals surface area (Å²) in [5.41, 5.74) is -0.485. The van der Waals surface area contributed by atoms with E-state index in [0.29, 0.717) is 11.4 Å². The van der Waals surface area contributed by atoms with Crippen LogP contribution in [-0.2, 0) is 6.18 Å². The molecule has 0 atom stereocenters. The Morgan fingerprint density at radius 1 is 1.10 bits per heavy atom. The van der Waals surface area contributed by atoms with Gasteiger partial charge in [0.15, 0.2) is 0 Å². The van der Waals surface area contributed by atoms with Gasteiger partial charge in [0.25, 0.3) is 5.91 Å². The van der Waals surface area contributed by atoms with Crippen LogP contribution in [0, 0.1) is 23.2 Å². The number of aromatic nitrogens is 1. The molecule has 1 aromatic carbocycles. The van der Waals surface area contributed by atoms with Crippen molar-refractivity contribution in [3.8, 4) is 10.6 Å². The number of benzene rings is 1. The normalized spacial score (nSPS) is 30.5. The van der Waals surface area contributed by atoms with Gasteiger partial charge in [0.05, 0.1) is 11.8 Å². The molecule has 4 aliphatic carbocycles. The fourth-order valence-corrected chi connectivity index (χ4v) is 7.15. The molecule has 4 saturated carbocycles. The van der Waals surface area contributed by atoms with Crippen LogP contribution in [0.5, 0.6) is 0 Å². The highest BCUT2D eigenvalue weighted by Crippen LogP contribution is 2.59. The summed E-state index contributed by atoms with van der Waals surface area (Å²) in [5, 5.41) is 3.30. The summed E-state index contributed by atoms with van der Waals surface area (Å²) in [5.74, 6) is 2.21. The van der Waals surface area contributed by atoms with E-state index in [1.54, 1.807) is 6.07 Å². The van der Waals surface area contributed by atoms with Gasteiger partial charge in [-0.1, -0.05) is 18.2 Å². The molecule has 0 spiro atoms. The maximum atomic E-state index is 13.3. The Kier molecular flexibility index (Phi) is 4.49. The Bertz CT molecular complexity index is 901. The van der Waals surface area contributed by atoms with Crippen LogP contribution in [0.3, 0.4) is 0 Å². The largest absolute Gasteiger partial charge is 0.417 e. The fraction of sp³-hybridized carbons (Fsp3) is 0.545. The summed E-state index contributed by atoms with van der Waals surface area (Å²) in [6, 6.07) is 5.36. The zero-order valence-corrected chi connectivity index (χ0v) is 16.8. The van der Waals surface area contributed by atoms with Crippen molar-refractivity contribution in [2.24, 2.45) is 23.2 Å². The summed E-state index contributed by atoms with van der Waals surface area (Å²) in [4.78, 5) is 17.2. The second-order valence-corrected chi connectivity index (χ2v) is 10.2. The Hall–Kier alpha value is -1.89. The molecule has 0 saturated heterocycles. The zero-order chi connectivity index (χ0) is 20.2. The molecule has 0 unspecified atom stereocenters. The topological polar surface area (TPSA) is 42.0 Å². The van der Waals surface area contributed by atoms with Gasteiger partial charge in [-0.15, -0.1) is 11.3 Å². The third-order valence-corrected chi connectivity index (χ3v) is 8.01. The van der Waals surface area contributed by atoms with E-state index in [9.17, 15) is 18.0 Å². The molecule has 154 valence electrons. The lowest BCUT2D eigenvalue weighted by Gasteiger charge is -2.56. The Morgan fingerprint density at radius 2 is 1.72 bits per heavy atom. The lowest BCUT2D eigenvalue weighted by molar-refractivity contribution is -0.137. The summed E-state index contributed by atoms with van der Waals surface area (Å²) in [7, 11) is 0. The van der Waals surface area contributed by atoms with Crippen LogP contribution >= 0.6 is 11.3 Å². The number of nitrogens with zero attached hydrogens (tertiary/aromatic N) is 1. The van der Waals surface area contributed by atoms with Crippen molar-refractivity contribution in [2.45, 2.75) is 44.7 Å². The van der Waals surface area contributed by atoms with Crippen molar-refractivity contribution in [3.05, 3.63) is 40.9 Å². The van der Waals surface area contributed by atoms with Gasteiger partial charge in [-0.2, -0.15) is 13.2 Å². The van der Waals surface area contributed by atoms with E-state index in [2.05, 4.69) is 10.3 Å². The number of carbonyl (C=O) groups excluding carboxylic acids is 1. The molecule has 29 heavy (non-hydrogen) atoms. The first-order valence-electron chi connectivity index (χ1n) is 10.2. The average molecular weight is 420 g/mol. The minimum absolute atomic E-state index is 0.0186. The first-order chi connectivity index (χ1) is 13.8. The number of hydrogen-bond acceptors (Lipinski definition) is 3. The second kappa shape index (κ2) is 6.83. The van der Waals surface area contributed by atoms with Gasteiger partial charge >= 0.3 is 6.18 Å². The van der Waals surface area contributed by atoms with E-state index in [0.717, 1.165) is 35.2 Å². The first-order valence-corrected chi connectivity index (χ1v) is 11.0. The van der Waals surface area contributed by atoms with E-state index < -0.39 is 11.7 Å². The van der Waals surface area contributed by atoms with Gasteiger partial charge < -0.3 is 5.32 Å². The number of carbonyl (C=O) groups is 1. The molecule has 4 aliphatic rings. The third kappa shape index (κ3) is 3.58. The van der Waals surface area contributed by atoms with Crippen molar-refractivity contribution < 1.29 is 18.0 Å². The van der Waals surface area contributed by atoms with Crippen molar-refractivity contribution in [1.82, 2.24) is 10.3 Å². The standard InChI is InChI=1S/C22H23F3N2OS/c23-22(24,25)17-4-2-1-3-16(17)20-26-11-18(29-20)19(28)27-12-21-8-13-5-14(9-21)7-15(6-13)10-21/h1-4,11,13-15H,5-10,12H2,(H,27,28). The summed E-state index contributed by atoms with van der Waals surface area (Å²) < 4.78 is 39.8. The lowest BCUT2D eigenvalue weighted by atomic mass is 9.49. The number of amides is 1. The highest BCUT2D eigenvalue weighted by atomic mass is 32.1. The van der Waals surface area contributed by atoms with Crippen LogP contribution in [0.1, 0.15) is 53.8 Å². The number of thiazole rings is 1. The van der Waals surface area contributed by atoms with E-state index in [-0.39, 0.29) is 21.9 Å². The summed E-state index contributed by atoms with van der Waals surface area (Å²) >= 11 is 1.02. The van der Waals surface area contributed by atoms with Gasteiger partial charge in [-0.05, 0) is 67.8 Å².